The molecule has 0 aliphatic heterocycles. The summed E-state index contributed by atoms with van der Waals surface area (Å²) in [6.45, 7) is 1.94. The van der Waals surface area contributed by atoms with Crippen LogP contribution in [-0.4, -0.2) is 0 Å². The fourth-order valence-corrected chi connectivity index (χ4v) is 1.40. The van der Waals surface area contributed by atoms with Gasteiger partial charge in [-0.05, 0) is 47.5 Å². The number of halogens is 1. The maximum atomic E-state index is 12.8. The highest BCUT2D eigenvalue weighted by atomic mass is 19.1. The predicted molar refractivity (Wildman–Crippen MR) is 53.1 cm³/mol. The van der Waals surface area contributed by atoms with Gasteiger partial charge in [0.1, 0.15) is 5.82 Å². The second-order valence-electron chi connectivity index (χ2n) is 3.20. The van der Waals surface area contributed by atoms with E-state index in [-0.39, 0.29) is 5.82 Å². The average Bonchev–Trinajstić information content (AvgIpc) is 2.08. The number of nitrogen functional groups attached to an aromatic ring is 1. The van der Waals surface area contributed by atoms with Gasteiger partial charge < -0.3 is 5.73 Å². The first-order valence-electron chi connectivity index (χ1n) is 4.12. The molecule has 2 heteroatoms. The van der Waals surface area contributed by atoms with E-state index in [4.69, 9.17) is 5.73 Å². The van der Waals surface area contributed by atoms with Gasteiger partial charge in [0.15, 0.2) is 0 Å². The van der Waals surface area contributed by atoms with Gasteiger partial charge in [0.2, 0.25) is 0 Å². The third-order valence-electron chi connectivity index (χ3n) is 2.19. The summed E-state index contributed by atoms with van der Waals surface area (Å²) in [5, 5.41) is 1.87. The van der Waals surface area contributed by atoms with Crippen LogP contribution in [0.15, 0.2) is 30.3 Å². The number of aryl methyl sites for hydroxylation is 1. The number of anilines is 1. The summed E-state index contributed by atoms with van der Waals surface area (Å²) in [4.78, 5) is 0. The third-order valence-corrected chi connectivity index (χ3v) is 2.19. The minimum Gasteiger partial charge on any atom is -0.398 e. The molecule has 0 unspecified atom stereocenters. The zero-order valence-corrected chi connectivity index (χ0v) is 7.34. The van der Waals surface area contributed by atoms with Crippen molar-refractivity contribution in [2.45, 2.75) is 6.92 Å². The number of hydrogen-bond donors (Lipinski definition) is 1. The van der Waals surface area contributed by atoms with Gasteiger partial charge in [-0.2, -0.15) is 0 Å². The lowest BCUT2D eigenvalue weighted by molar-refractivity contribution is 0.630. The first kappa shape index (κ1) is 8.05. The van der Waals surface area contributed by atoms with Gasteiger partial charge >= 0.3 is 0 Å². The largest absolute Gasteiger partial charge is 0.398 e. The molecule has 0 saturated heterocycles. The van der Waals surface area contributed by atoms with Crippen molar-refractivity contribution < 1.29 is 4.39 Å². The van der Waals surface area contributed by atoms with E-state index in [1.165, 1.54) is 12.1 Å². The van der Waals surface area contributed by atoms with E-state index in [0.717, 1.165) is 16.3 Å². The molecule has 1 nitrogen and oxygen atoms in total. The van der Waals surface area contributed by atoms with Crippen LogP contribution >= 0.6 is 0 Å². The molecule has 0 aliphatic carbocycles. The fourth-order valence-electron chi connectivity index (χ4n) is 1.40. The van der Waals surface area contributed by atoms with Crippen LogP contribution in [0.1, 0.15) is 5.56 Å². The van der Waals surface area contributed by atoms with Crippen molar-refractivity contribution in [1.29, 1.82) is 0 Å². The topological polar surface area (TPSA) is 26.0 Å². The Hall–Kier alpha value is -1.57. The van der Waals surface area contributed by atoms with Crippen LogP contribution in [0.4, 0.5) is 10.1 Å². The van der Waals surface area contributed by atoms with E-state index in [0.29, 0.717) is 5.69 Å². The predicted octanol–water partition coefficient (Wildman–Crippen LogP) is 2.87. The Balaban J connectivity index is 2.81. The van der Waals surface area contributed by atoms with E-state index < -0.39 is 0 Å². The Bertz CT molecular complexity index is 463. The summed E-state index contributed by atoms with van der Waals surface area (Å²) in [5.41, 5.74) is 7.45. The lowest BCUT2D eigenvalue weighted by Crippen LogP contribution is -1.89. The van der Waals surface area contributed by atoms with Gasteiger partial charge in [-0.25, -0.2) is 4.39 Å². The molecule has 66 valence electrons. The Kier molecular flexibility index (Phi) is 1.69. The molecule has 13 heavy (non-hydrogen) atoms. The molecule has 0 aromatic heterocycles. The van der Waals surface area contributed by atoms with Gasteiger partial charge in [-0.15, -0.1) is 0 Å². The van der Waals surface area contributed by atoms with Crippen molar-refractivity contribution in [1.82, 2.24) is 0 Å². The molecule has 0 bridgehead atoms. The standard InChI is InChI=1S/C11H10FN/c1-7-4-8-2-3-10(12)5-9(8)6-11(7)13/h2-6H,13H2,1H3. The summed E-state index contributed by atoms with van der Waals surface area (Å²) in [6.07, 6.45) is 0. The van der Waals surface area contributed by atoms with Crippen molar-refractivity contribution in [2.75, 3.05) is 5.73 Å². The highest BCUT2D eigenvalue weighted by molar-refractivity contribution is 5.86. The zero-order valence-electron chi connectivity index (χ0n) is 7.34. The summed E-state index contributed by atoms with van der Waals surface area (Å²) in [6, 6.07) is 8.47. The van der Waals surface area contributed by atoms with E-state index in [1.807, 2.05) is 13.0 Å². The van der Waals surface area contributed by atoms with Gasteiger partial charge in [0.05, 0.1) is 0 Å². The molecule has 2 rings (SSSR count). The zero-order chi connectivity index (χ0) is 9.42. The third kappa shape index (κ3) is 1.35. The van der Waals surface area contributed by atoms with Crippen LogP contribution in [0.3, 0.4) is 0 Å². The Morgan fingerprint density at radius 3 is 2.62 bits per heavy atom. The van der Waals surface area contributed by atoms with E-state index in [2.05, 4.69) is 0 Å². The van der Waals surface area contributed by atoms with Crippen LogP contribution in [0.5, 0.6) is 0 Å². The van der Waals surface area contributed by atoms with Crippen LogP contribution in [0.25, 0.3) is 10.8 Å². The second-order valence-corrected chi connectivity index (χ2v) is 3.20. The molecular weight excluding hydrogens is 165 g/mol. The number of benzene rings is 2. The van der Waals surface area contributed by atoms with Crippen LogP contribution < -0.4 is 5.73 Å². The van der Waals surface area contributed by atoms with Crippen molar-refractivity contribution in [2.24, 2.45) is 0 Å². The summed E-state index contributed by atoms with van der Waals surface area (Å²) in [5.74, 6) is -0.226. The molecular formula is C11H10FN. The molecule has 0 amide bonds. The van der Waals surface area contributed by atoms with Gasteiger partial charge in [0.25, 0.3) is 0 Å². The van der Waals surface area contributed by atoms with Gasteiger partial charge in [0, 0.05) is 5.69 Å². The number of hydrogen-bond acceptors (Lipinski definition) is 1. The van der Waals surface area contributed by atoms with Gasteiger partial charge in [-0.1, -0.05) is 6.07 Å². The molecule has 0 aliphatic rings. The van der Waals surface area contributed by atoms with Crippen LogP contribution in [0, 0.1) is 12.7 Å². The first-order valence-corrected chi connectivity index (χ1v) is 4.12. The molecule has 2 N–H and O–H groups in total. The van der Waals surface area contributed by atoms with Crippen molar-refractivity contribution >= 4 is 16.5 Å². The summed E-state index contributed by atoms with van der Waals surface area (Å²) >= 11 is 0. The molecule has 0 saturated carbocycles. The van der Waals surface area contributed by atoms with Crippen molar-refractivity contribution in [3.8, 4) is 0 Å². The average molecular weight is 175 g/mol. The molecule has 0 atom stereocenters. The van der Waals surface area contributed by atoms with Crippen molar-refractivity contribution in [3.05, 3.63) is 41.7 Å². The minimum atomic E-state index is -0.226. The molecule has 2 aromatic carbocycles. The monoisotopic (exact) mass is 175 g/mol. The lowest BCUT2D eigenvalue weighted by Gasteiger charge is -2.03. The molecule has 0 fully saturated rings. The number of rotatable bonds is 0. The Morgan fingerprint density at radius 1 is 1.08 bits per heavy atom. The Morgan fingerprint density at radius 2 is 1.85 bits per heavy atom. The lowest BCUT2D eigenvalue weighted by atomic mass is 10.1. The SMILES string of the molecule is Cc1cc2ccc(F)cc2cc1N. The maximum absolute atomic E-state index is 12.8. The smallest absolute Gasteiger partial charge is 0.123 e. The van der Waals surface area contributed by atoms with Gasteiger partial charge in [-0.3, -0.25) is 0 Å². The maximum Gasteiger partial charge on any atom is 0.123 e. The highest BCUT2D eigenvalue weighted by Crippen LogP contribution is 2.21. The summed E-state index contributed by atoms with van der Waals surface area (Å²) < 4.78 is 12.8. The van der Waals surface area contributed by atoms with Crippen LogP contribution in [0.2, 0.25) is 0 Å². The van der Waals surface area contributed by atoms with E-state index in [1.54, 1.807) is 12.1 Å². The number of nitrogens with two attached hydrogens (primary N) is 1. The second kappa shape index (κ2) is 2.73. The molecule has 0 spiro atoms. The van der Waals surface area contributed by atoms with Crippen molar-refractivity contribution in [3.63, 3.8) is 0 Å². The van der Waals surface area contributed by atoms with E-state index >= 15 is 0 Å². The summed E-state index contributed by atoms with van der Waals surface area (Å²) in [7, 11) is 0. The normalized spacial score (nSPS) is 10.6. The highest BCUT2D eigenvalue weighted by Gasteiger charge is 1.99. The van der Waals surface area contributed by atoms with E-state index in [9.17, 15) is 4.39 Å². The fraction of sp³-hybridized carbons (Fsp3) is 0.0909. The van der Waals surface area contributed by atoms with Crippen LogP contribution in [-0.2, 0) is 0 Å². The molecule has 0 heterocycles. The Labute approximate surface area is 76.0 Å². The first-order chi connectivity index (χ1) is 6.16. The minimum absolute atomic E-state index is 0.226. The molecule has 0 radical (unpaired) electrons. The quantitative estimate of drug-likeness (QED) is 0.612. The molecule has 2 aromatic rings. The number of fused-ring (bicyclic) bond motifs is 1.